The Kier molecular flexibility index (Phi) is 9.67. The van der Waals surface area contributed by atoms with Gasteiger partial charge < -0.3 is 19.4 Å². The number of pyridine rings is 2. The van der Waals surface area contributed by atoms with Crippen LogP contribution in [0.3, 0.4) is 0 Å². The van der Waals surface area contributed by atoms with Gasteiger partial charge in [-0.2, -0.15) is 0 Å². The molecule has 8 nitrogen and oxygen atoms in total. The van der Waals surface area contributed by atoms with E-state index in [2.05, 4.69) is 48.5 Å². The van der Waals surface area contributed by atoms with Gasteiger partial charge in [-0.15, -0.1) is 0 Å². The van der Waals surface area contributed by atoms with Crippen molar-refractivity contribution in [3.8, 4) is 11.5 Å². The van der Waals surface area contributed by atoms with Gasteiger partial charge in [0.2, 0.25) is 0 Å². The van der Waals surface area contributed by atoms with Crippen molar-refractivity contribution in [2.24, 2.45) is 5.16 Å². The summed E-state index contributed by atoms with van der Waals surface area (Å²) in [5.41, 5.74) is 5.37. The number of hydrogen-bond donors (Lipinski definition) is 1. The summed E-state index contributed by atoms with van der Waals surface area (Å²) in [7, 11) is 0. The lowest BCUT2D eigenvalue weighted by molar-refractivity contribution is -0.135. The summed E-state index contributed by atoms with van der Waals surface area (Å²) >= 11 is 0. The van der Waals surface area contributed by atoms with E-state index in [0.29, 0.717) is 26.1 Å². The Hall–Kier alpha value is -5.76. The molecule has 0 atom stereocenters. The molecule has 8 heteroatoms. The molecule has 0 radical (unpaired) electrons. The highest BCUT2D eigenvalue weighted by Gasteiger charge is 2.29. The molecular weight excluding hydrogens is 590 g/mol. The quantitative estimate of drug-likeness (QED) is 0.0456. The minimum absolute atomic E-state index is 0.195. The zero-order chi connectivity index (χ0) is 32.5. The van der Waals surface area contributed by atoms with Gasteiger partial charge in [-0.1, -0.05) is 84.9 Å². The van der Waals surface area contributed by atoms with Crippen LogP contribution in [-0.4, -0.2) is 34.0 Å². The van der Waals surface area contributed by atoms with Crippen LogP contribution in [-0.2, 0) is 28.2 Å². The van der Waals surface area contributed by atoms with E-state index in [-0.39, 0.29) is 6.61 Å². The molecule has 6 aromatic rings. The van der Waals surface area contributed by atoms with Crippen molar-refractivity contribution in [2.45, 2.75) is 38.4 Å². The number of carbonyl (C=O) groups is 1. The van der Waals surface area contributed by atoms with Crippen LogP contribution in [0.2, 0.25) is 0 Å². The van der Waals surface area contributed by atoms with Crippen LogP contribution in [0, 0.1) is 0 Å². The molecule has 236 valence electrons. The maximum atomic E-state index is 11.7. The van der Waals surface area contributed by atoms with E-state index >= 15 is 0 Å². The molecule has 0 aliphatic heterocycles. The largest absolute Gasteiger partial charge is 0.487 e. The predicted molar refractivity (Wildman–Crippen MR) is 182 cm³/mol. The number of hydrogen-bond acceptors (Lipinski definition) is 8. The zero-order valence-electron chi connectivity index (χ0n) is 26.1. The number of fused-ring (bicyclic) bond motifs is 2. The van der Waals surface area contributed by atoms with Gasteiger partial charge in [-0.3, -0.25) is 0 Å². The summed E-state index contributed by atoms with van der Waals surface area (Å²) in [5.74, 6) is 0.808. The first kappa shape index (κ1) is 31.2. The first-order valence-corrected chi connectivity index (χ1v) is 15.5. The number of rotatable bonds is 13. The van der Waals surface area contributed by atoms with Crippen molar-refractivity contribution < 1.29 is 24.2 Å². The summed E-state index contributed by atoms with van der Waals surface area (Å²) in [6, 6.07) is 40.3. The van der Waals surface area contributed by atoms with Gasteiger partial charge in [-0.25, -0.2) is 14.8 Å². The lowest BCUT2D eigenvalue weighted by Gasteiger charge is -2.31. The average Bonchev–Trinajstić information content (AvgIpc) is 3.12. The molecule has 0 aliphatic carbocycles. The fraction of sp³-hybridized carbons (Fsp3) is 0.179. The highest BCUT2D eigenvalue weighted by molar-refractivity contribution is 6.22. The zero-order valence-corrected chi connectivity index (χ0v) is 26.1. The molecule has 6 rings (SSSR count). The molecule has 0 saturated heterocycles. The highest BCUT2D eigenvalue weighted by atomic mass is 16.5. The second kappa shape index (κ2) is 14.6. The molecule has 0 unspecified atom stereocenters. The lowest BCUT2D eigenvalue weighted by atomic mass is 9.73. The van der Waals surface area contributed by atoms with Crippen LogP contribution in [0.1, 0.15) is 42.3 Å². The van der Waals surface area contributed by atoms with E-state index in [1.54, 1.807) is 0 Å². The minimum atomic E-state index is -0.681. The predicted octanol–water partition coefficient (Wildman–Crippen LogP) is 8.03. The van der Waals surface area contributed by atoms with Crippen molar-refractivity contribution in [3.63, 3.8) is 0 Å². The van der Waals surface area contributed by atoms with Gasteiger partial charge in [0.15, 0.2) is 6.21 Å². The van der Waals surface area contributed by atoms with Gasteiger partial charge in [0.25, 0.3) is 0 Å². The Balaban J connectivity index is 1.15. The standard InChI is InChI=1S/C39H35N3O5/c1-39(23-6-24-45-38(43)25-40-44,30-13-19-34(20-14-30)46-26-32-17-11-28-7-2-4-9-36(28)41-32)31-15-21-35(22-16-31)47-27-33-18-12-29-8-3-5-10-37(29)42-33/h2-5,7-22,25,44H,6,23-24,26-27H2,1H3. The van der Waals surface area contributed by atoms with Gasteiger partial charge in [0.05, 0.1) is 29.0 Å². The van der Waals surface area contributed by atoms with E-state index in [1.165, 1.54) is 0 Å². The second-order valence-corrected chi connectivity index (χ2v) is 11.5. The maximum absolute atomic E-state index is 11.7. The smallest absolute Gasteiger partial charge is 0.352 e. The second-order valence-electron chi connectivity index (χ2n) is 11.5. The number of carbonyl (C=O) groups excluding carboxylic acids is 1. The molecule has 4 aromatic carbocycles. The number of oxime groups is 1. The minimum Gasteiger partial charge on any atom is -0.487 e. The van der Waals surface area contributed by atoms with Crippen LogP contribution in [0.4, 0.5) is 0 Å². The molecule has 0 fully saturated rings. The molecule has 2 heterocycles. The van der Waals surface area contributed by atoms with Crippen molar-refractivity contribution in [1.29, 1.82) is 0 Å². The SMILES string of the molecule is CC(CCCOC(=O)C=NO)(c1ccc(OCc2ccc3ccccc3n2)cc1)c1ccc(OCc2ccc3ccccc3n2)cc1. The monoisotopic (exact) mass is 625 g/mol. The number of ether oxygens (including phenoxy) is 3. The fourth-order valence-electron chi connectivity index (χ4n) is 5.67. The molecular formula is C39H35N3O5. The third-order valence-corrected chi connectivity index (χ3v) is 8.30. The topological polar surface area (TPSA) is 103 Å². The van der Waals surface area contributed by atoms with E-state index in [4.69, 9.17) is 29.4 Å². The lowest BCUT2D eigenvalue weighted by Crippen LogP contribution is -2.24. The number of esters is 1. The molecule has 0 aliphatic rings. The number of nitrogens with zero attached hydrogens (tertiary/aromatic N) is 3. The van der Waals surface area contributed by atoms with E-state index < -0.39 is 11.4 Å². The average molecular weight is 626 g/mol. The van der Waals surface area contributed by atoms with Crippen LogP contribution in [0.25, 0.3) is 21.8 Å². The first-order valence-electron chi connectivity index (χ1n) is 15.5. The molecule has 2 aromatic heterocycles. The number of para-hydroxylation sites is 2. The Bertz CT molecular complexity index is 1860. The summed E-state index contributed by atoms with van der Waals surface area (Å²) < 4.78 is 17.4. The number of benzene rings is 4. The van der Waals surface area contributed by atoms with Crippen LogP contribution in [0.15, 0.2) is 126 Å². The van der Waals surface area contributed by atoms with Crippen molar-refractivity contribution in [3.05, 3.63) is 144 Å². The molecule has 0 bridgehead atoms. The van der Waals surface area contributed by atoms with E-state index in [1.807, 2.05) is 84.9 Å². The van der Waals surface area contributed by atoms with E-state index in [9.17, 15) is 4.79 Å². The Morgan fingerprint density at radius 2 is 1.19 bits per heavy atom. The highest BCUT2D eigenvalue weighted by Crippen LogP contribution is 2.38. The third kappa shape index (κ3) is 7.73. The van der Waals surface area contributed by atoms with Gasteiger partial charge >= 0.3 is 5.97 Å². The van der Waals surface area contributed by atoms with Gasteiger partial charge in [0, 0.05) is 16.2 Å². The van der Waals surface area contributed by atoms with Crippen molar-refractivity contribution in [2.75, 3.05) is 6.61 Å². The van der Waals surface area contributed by atoms with Crippen molar-refractivity contribution >= 4 is 34.0 Å². The van der Waals surface area contributed by atoms with Crippen LogP contribution in [0.5, 0.6) is 11.5 Å². The summed E-state index contributed by atoms with van der Waals surface area (Å²) in [6.45, 7) is 3.09. The summed E-state index contributed by atoms with van der Waals surface area (Å²) in [6.07, 6.45) is 2.04. The Morgan fingerprint density at radius 3 is 1.68 bits per heavy atom. The van der Waals surface area contributed by atoms with Crippen LogP contribution >= 0.6 is 0 Å². The molecule has 47 heavy (non-hydrogen) atoms. The molecule has 0 amide bonds. The Morgan fingerprint density at radius 1 is 0.702 bits per heavy atom. The van der Waals surface area contributed by atoms with Gasteiger partial charge in [-0.05, 0) is 72.5 Å². The Labute approximate surface area is 273 Å². The van der Waals surface area contributed by atoms with Crippen molar-refractivity contribution in [1.82, 2.24) is 9.97 Å². The molecule has 1 N–H and O–H groups in total. The van der Waals surface area contributed by atoms with Crippen LogP contribution < -0.4 is 9.47 Å². The van der Waals surface area contributed by atoms with E-state index in [0.717, 1.165) is 62.0 Å². The van der Waals surface area contributed by atoms with Gasteiger partial charge in [0.1, 0.15) is 24.7 Å². The molecule has 0 spiro atoms. The third-order valence-electron chi connectivity index (χ3n) is 8.30. The molecule has 0 saturated carbocycles. The summed E-state index contributed by atoms with van der Waals surface area (Å²) in [4.78, 5) is 21.1. The first-order chi connectivity index (χ1) is 23.0. The summed E-state index contributed by atoms with van der Waals surface area (Å²) in [5, 5.41) is 13.5. The maximum Gasteiger partial charge on any atom is 0.352 e. The normalized spacial score (nSPS) is 11.6. The fourth-order valence-corrected chi connectivity index (χ4v) is 5.67. The number of aromatic nitrogens is 2.